The second kappa shape index (κ2) is 21.2. The van der Waals surface area contributed by atoms with Crippen molar-refractivity contribution in [1.82, 2.24) is 5.32 Å². The lowest BCUT2D eigenvalue weighted by Crippen LogP contribution is -2.31. The van der Waals surface area contributed by atoms with Crippen molar-refractivity contribution >= 4 is 11.7 Å². The Hall–Kier alpha value is -1.10. The number of hydrogen-bond acceptors (Lipinski definition) is 8. The summed E-state index contributed by atoms with van der Waals surface area (Å²) in [6.07, 6.45) is 1.19. The molecule has 0 saturated heterocycles. The molecule has 27 heavy (non-hydrogen) atoms. The van der Waals surface area contributed by atoms with E-state index in [0.717, 1.165) is 6.42 Å². The number of amides is 1. The van der Waals surface area contributed by atoms with Crippen LogP contribution in [-0.2, 0) is 38.0 Å². The molecule has 0 radical (unpaired) electrons. The highest BCUT2D eigenvalue weighted by molar-refractivity contribution is 5.79. The Labute approximate surface area is 161 Å². The number of rotatable bonds is 21. The first-order valence-electron chi connectivity index (χ1n) is 9.36. The van der Waals surface area contributed by atoms with E-state index in [9.17, 15) is 9.59 Å². The average molecular weight is 393 g/mol. The fraction of sp³-hybridized carbons (Fsp3) is 0.889. The minimum atomic E-state index is -0.204. The smallest absolute Gasteiger partial charge is 0.246 e. The highest BCUT2D eigenvalue weighted by atomic mass is 16.5. The van der Waals surface area contributed by atoms with Crippen LogP contribution < -0.4 is 5.32 Å². The van der Waals surface area contributed by atoms with Crippen molar-refractivity contribution in [3.63, 3.8) is 0 Å². The van der Waals surface area contributed by atoms with Gasteiger partial charge in [0.15, 0.2) is 5.78 Å². The summed E-state index contributed by atoms with van der Waals surface area (Å²) in [5, 5.41) is 2.68. The van der Waals surface area contributed by atoms with Gasteiger partial charge >= 0.3 is 0 Å². The summed E-state index contributed by atoms with van der Waals surface area (Å²) >= 11 is 0. The van der Waals surface area contributed by atoms with Crippen LogP contribution in [0.15, 0.2) is 0 Å². The van der Waals surface area contributed by atoms with Crippen molar-refractivity contribution in [2.45, 2.75) is 19.8 Å². The number of Topliss-reactive ketones (excluding diaryl/α,β-unsaturated/α-hetero) is 1. The molecule has 1 N–H and O–H groups in total. The van der Waals surface area contributed by atoms with Gasteiger partial charge in [-0.2, -0.15) is 0 Å². The number of carbonyl (C=O) groups excluding carboxylic acids is 2. The van der Waals surface area contributed by atoms with E-state index >= 15 is 0 Å². The molecule has 160 valence electrons. The molecule has 9 nitrogen and oxygen atoms in total. The molecule has 0 rings (SSSR count). The van der Waals surface area contributed by atoms with Gasteiger partial charge in [-0.15, -0.1) is 0 Å². The SMILES string of the molecule is CCOCCCC(=O)COCCOCCNC(=O)COCCOCCOC. The van der Waals surface area contributed by atoms with Gasteiger partial charge in [0.2, 0.25) is 5.91 Å². The van der Waals surface area contributed by atoms with E-state index in [1.54, 1.807) is 7.11 Å². The Morgan fingerprint density at radius 1 is 0.741 bits per heavy atom. The minimum absolute atomic E-state index is 0.0117. The van der Waals surface area contributed by atoms with Crippen molar-refractivity contribution in [3.05, 3.63) is 0 Å². The normalized spacial score (nSPS) is 10.9. The summed E-state index contributed by atoms with van der Waals surface area (Å²) in [5.41, 5.74) is 0. The molecule has 0 heterocycles. The molecule has 0 aliphatic carbocycles. The second-order valence-corrected chi connectivity index (χ2v) is 5.51. The Kier molecular flexibility index (Phi) is 20.3. The molecule has 0 fully saturated rings. The molecule has 0 aliphatic heterocycles. The zero-order chi connectivity index (χ0) is 20.0. The molecule has 0 aromatic rings. The topological polar surface area (TPSA) is 102 Å². The molecule has 0 saturated carbocycles. The molecule has 0 unspecified atom stereocenters. The standard InChI is InChI=1S/C18H35NO8/c1-3-23-7-4-5-17(20)15-26-13-11-24-8-6-19-18(21)16-27-14-12-25-10-9-22-2/h3-16H2,1-2H3,(H,19,21). The van der Waals surface area contributed by atoms with Crippen molar-refractivity contribution in [3.8, 4) is 0 Å². The Bertz CT molecular complexity index is 354. The van der Waals surface area contributed by atoms with Crippen LogP contribution >= 0.6 is 0 Å². The number of nitrogens with one attached hydrogen (secondary N) is 1. The third-order valence-electron chi connectivity index (χ3n) is 3.19. The van der Waals surface area contributed by atoms with E-state index in [-0.39, 0.29) is 24.9 Å². The highest BCUT2D eigenvalue weighted by Crippen LogP contribution is 1.93. The molecular formula is C18H35NO8. The van der Waals surface area contributed by atoms with Crippen LogP contribution in [0, 0.1) is 0 Å². The largest absolute Gasteiger partial charge is 0.382 e. The van der Waals surface area contributed by atoms with Crippen LogP contribution in [0.2, 0.25) is 0 Å². The number of carbonyl (C=O) groups is 2. The maximum atomic E-state index is 11.5. The van der Waals surface area contributed by atoms with Gasteiger partial charge in [-0.05, 0) is 13.3 Å². The molecule has 9 heteroatoms. The summed E-state index contributed by atoms with van der Waals surface area (Å²) < 4.78 is 30.9. The number of hydrogen-bond donors (Lipinski definition) is 1. The monoisotopic (exact) mass is 393 g/mol. The van der Waals surface area contributed by atoms with E-state index in [4.69, 9.17) is 28.4 Å². The summed E-state index contributed by atoms with van der Waals surface area (Å²) in [6.45, 7) is 6.59. The van der Waals surface area contributed by atoms with Crippen LogP contribution in [0.1, 0.15) is 19.8 Å². The van der Waals surface area contributed by atoms with Crippen molar-refractivity contribution < 1.29 is 38.0 Å². The lowest BCUT2D eigenvalue weighted by Gasteiger charge is -2.08. The third-order valence-corrected chi connectivity index (χ3v) is 3.19. The molecule has 0 spiro atoms. The minimum Gasteiger partial charge on any atom is -0.382 e. The van der Waals surface area contributed by atoms with Gasteiger partial charge in [0, 0.05) is 33.3 Å². The predicted octanol–water partition coefficient (Wildman–Crippen LogP) is 0.201. The van der Waals surface area contributed by atoms with E-state index in [2.05, 4.69) is 5.32 Å². The van der Waals surface area contributed by atoms with E-state index in [1.165, 1.54) is 0 Å². The van der Waals surface area contributed by atoms with E-state index in [0.29, 0.717) is 72.4 Å². The third kappa shape index (κ3) is 21.1. The van der Waals surface area contributed by atoms with Crippen LogP contribution in [0.25, 0.3) is 0 Å². The Balaban J connectivity index is 3.25. The van der Waals surface area contributed by atoms with Crippen molar-refractivity contribution in [2.24, 2.45) is 0 Å². The summed E-state index contributed by atoms with van der Waals surface area (Å²) in [5.74, 6) is -0.143. The first-order chi connectivity index (χ1) is 13.2. The van der Waals surface area contributed by atoms with Gasteiger partial charge in [0.05, 0.1) is 46.2 Å². The molecule has 0 bridgehead atoms. The van der Waals surface area contributed by atoms with Crippen molar-refractivity contribution in [2.75, 3.05) is 86.3 Å². The maximum absolute atomic E-state index is 11.5. The van der Waals surface area contributed by atoms with Gasteiger partial charge < -0.3 is 33.7 Å². The zero-order valence-corrected chi connectivity index (χ0v) is 16.7. The second-order valence-electron chi connectivity index (χ2n) is 5.51. The zero-order valence-electron chi connectivity index (χ0n) is 16.7. The van der Waals surface area contributed by atoms with Crippen LogP contribution in [-0.4, -0.2) is 98.0 Å². The van der Waals surface area contributed by atoms with E-state index < -0.39 is 0 Å². The lowest BCUT2D eigenvalue weighted by atomic mass is 10.2. The van der Waals surface area contributed by atoms with Gasteiger partial charge in [-0.1, -0.05) is 0 Å². The Morgan fingerprint density at radius 3 is 2.07 bits per heavy atom. The fourth-order valence-electron chi connectivity index (χ4n) is 1.83. The molecule has 0 aromatic heterocycles. The molecule has 0 atom stereocenters. The average Bonchev–Trinajstić information content (AvgIpc) is 2.66. The first kappa shape index (κ1) is 25.9. The summed E-state index contributed by atoms with van der Waals surface area (Å²) in [7, 11) is 1.61. The number of methoxy groups -OCH3 is 1. The van der Waals surface area contributed by atoms with Gasteiger partial charge in [0.1, 0.15) is 13.2 Å². The summed E-state index contributed by atoms with van der Waals surface area (Å²) in [6, 6.07) is 0. The predicted molar refractivity (Wildman–Crippen MR) is 98.9 cm³/mol. The van der Waals surface area contributed by atoms with Gasteiger partial charge in [-0.25, -0.2) is 0 Å². The van der Waals surface area contributed by atoms with Crippen LogP contribution in [0.3, 0.4) is 0 Å². The van der Waals surface area contributed by atoms with Crippen LogP contribution in [0.4, 0.5) is 0 Å². The highest BCUT2D eigenvalue weighted by Gasteiger charge is 2.03. The lowest BCUT2D eigenvalue weighted by molar-refractivity contribution is -0.127. The number of ketones is 1. The number of ether oxygens (including phenoxy) is 6. The van der Waals surface area contributed by atoms with E-state index in [1.807, 2.05) is 6.92 Å². The van der Waals surface area contributed by atoms with Crippen LogP contribution in [0.5, 0.6) is 0 Å². The quantitative estimate of drug-likeness (QED) is 0.276. The molecule has 1 amide bonds. The maximum Gasteiger partial charge on any atom is 0.246 e. The molecule has 0 aromatic carbocycles. The molecule has 0 aliphatic rings. The van der Waals surface area contributed by atoms with Gasteiger partial charge in [-0.3, -0.25) is 9.59 Å². The first-order valence-corrected chi connectivity index (χ1v) is 9.36. The van der Waals surface area contributed by atoms with Gasteiger partial charge in [0.25, 0.3) is 0 Å². The molecular weight excluding hydrogens is 358 g/mol. The summed E-state index contributed by atoms with van der Waals surface area (Å²) in [4.78, 5) is 23.0. The fourth-order valence-corrected chi connectivity index (χ4v) is 1.83. The Morgan fingerprint density at radius 2 is 1.37 bits per heavy atom. The van der Waals surface area contributed by atoms with Crippen molar-refractivity contribution in [1.29, 1.82) is 0 Å².